The summed E-state index contributed by atoms with van der Waals surface area (Å²) in [5.41, 5.74) is 2.50. The topological polar surface area (TPSA) is 166 Å². The molecule has 40 heavy (non-hydrogen) atoms. The van der Waals surface area contributed by atoms with Crippen molar-refractivity contribution in [1.29, 1.82) is 0 Å². The summed E-state index contributed by atoms with van der Waals surface area (Å²) in [5, 5.41) is 15.0. The first-order valence-corrected chi connectivity index (χ1v) is 13.1. The van der Waals surface area contributed by atoms with Crippen molar-refractivity contribution in [1.82, 2.24) is 48.9 Å². The highest BCUT2D eigenvalue weighted by Crippen LogP contribution is 2.23. The summed E-state index contributed by atoms with van der Waals surface area (Å²) in [6.07, 6.45) is 7.70. The molecule has 1 aliphatic carbocycles. The summed E-state index contributed by atoms with van der Waals surface area (Å²) in [7, 11) is 4.08. The minimum absolute atomic E-state index is 0.00511. The van der Waals surface area contributed by atoms with Gasteiger partial charge in [-0.2, -0.15) is 19.6 Å². The summed E-state index contributed by atoms with van der Waals surface area (Å²) < 4.78 is 3.29. The van der Waals surface area contributed by atoms with Gasteiger partial charge in [-0.3, -0.25) is 14.3 Å². The molecule has 2 fully saturated rings. The lowest BCUT2D eigenvalue weighted by Gasteiger charge is -2.20. The number of hydrogen-bond acceptors (Lipinski definition) is 9. The number of aromatic nitrogens is 8. The molecule has 3 N–H and O–H groups in total. The van der Waals surface area contributed by atoms with E-state index in [-0.39, 0.29) is 23.5 Å². The number of benzene rings is 1. The fourth-order valence-electron chi connectivity index (χ4n) is 5.01. The molecule has 1 aliphatic heterocycles. The summed E-state index contributed by atoms with van der Waals surface area (Å²) >= 11 is 0. The number of likely N-dealkylation sites (N-methyl/N-ethyl adjacent to an activating group) is 1. The van der Waals surface area contributed by atoms with Crippen molar-refractivity contribution in [2.45, 2.75) is 31.3 Å². The molecule has 0 spiro atoms. The van der Waals surface area contributed by atoms with Gasteiger partial charge in [0, 0.05) is 29.9 Å². The number of nitrogens with one attached hydrogen (secondary N) is 2. The molecule has 204 valence electrons. The lowest BCUT2D eigenvalue weighted by molar-refractivity contribution is 0.0783. The SMILES string of the molecule is CN(C)C1CCN(C(=O)c2ccc3c(c2)ncn3-c2nc(=NC3CC3)n3nc/c(=C/c4[nH]c(=O)[nH]c4O)c3n2)C1. The van der Waals surface area contributed by atoms with Gasteiger partial charge < -0.3 is 19.9 Å². The highest BCUT2D eigenvalue weighted by Gasteiger charge is 2.28. The Labute approximate surface area is 226 Å². The second-order valence-electron chi connectivity index (χ2n) is 10.5. The monoisotopic (exact) mass is 541 g/mol. The number of aromatic amines is 2. The van der Waals surface area contributed by atoms with Crippen LogP contribution in [0, 0.1) is 0 Å². The molecule has 5 aromatic rings. The maximum atomic E-state index is 13.2. The molecule has 0 bridgehead atoms. The van der Waals surface area contributed by atoms with Gasteiger partial charge in [-0.25, -0.2) is 14.8 Å². The van der Waals surface area contributed by atoms with E-state index in [4.69, 9.17) is 15.0 Å². The van der Waals surface area contributed by atoms with Gasteiger partial charge in [0.05, 0.1) is 23.3 Å². The summed E-state index contributed by atoms with van der Waals surface area (Å²) in [6, 6.07) is 6.00. The largest absolute Gasteiger partial charge is 0.493 e. The number of hydrogen-bond donors (Lipinski definition) is 3. The van der Waals surface area contributed by atoms with E-state index in [2.05, 4.69) is 25.0 Å². The predicted octanol–water partition coefficient (Wildman–Crippen LogP) is -0.428. The molecule has 2 aliphatic rings. The van der Waals surface area contributed by atoms with Gasteiger partial charge >= 0.3 is 5.69 Å². The van der Waals surface area contributed by atoms with E-state index in [1.165, 1.54) is 0 Å². The lowest BCUT2D eigenvalue weighted by atomic mass is 10.1. The van der Waals surface area contributed by atoms with E-state index in [0.717, 1.165) is 31.3 Å². The molecule has 7 rings (SSSR count). The van der Waals surface area contributed by atoms with Crippen LogP contribution in [0.15, 0.2) is 40.5 Å². The Morgan fingerprint density at radius 1 is 1.20 bits per heavy atom. The molecule has 1 amide bonds. The van der Waals surface area contributed by atoms with E-state index >= 15 is 0 Å². The zero-order chi connectivity index (χ0) is 27.5. The summed E-state index contributed by atoms with van der Waals surface area (Å²) in [5.74, 6) is 0.0527. The van der Waals surface area contributed by atoms with E-state index in [1.807, 2.05) is 31.1 Å². The van der Waals surface area contributed by atoms with Gasteiger partial charge in [0.1, 0.15) is 12.0 Å². The van der Waals surface area contributed by atoms with Crippen molar-refractivity contribution in [2.24, 2.45) is 4.99 Å². The number of amides is 1. The number of carbonyl (C=O) groups is 1. The Morgan fingerprint density at radius 3 is 2.77 bits per heavy atom. The van der Waals surface area contributed by atoms with E-state index in [1.54, 1.807) is 33.7 Å². The number of imidazole rings is 2. The first kappa shape index (κ1) is 24.2. The zero-order valence-corrected chi connectivity index (χ0v) is 21.9. The molecule has 4 aromatic heterocycles. The van der Waals surface area contributed by atoms with Gasteiger partial charge in [-0.05, 0) is 57.6 Å². The molecule has 1 saturated heterocycles. The molecule has 14 heteroatoms. The Balaban J connectivity index is 1.31. The van der Waals surface area contributed by atoms with Crippen LogP contribution in [0.1, 0.15) is 35.3 Å². The Kier molecular flexibility index (Phi) is 5.52. The molecule has 5 heterocycles. The van der Waals surface area contributed by atoms with Crippen molar-refractivity contribution >= 4 is 28.7 Å². The third-order valence-electron chi connectivity index (χ3n) is 7.44. The quantitative estimate of drug-likeness (QED) is 0.270. The highest BCUT2D eigenvalue weighted by molar-refractivity contribution is 5.97. The third-order valence-corrected chi connectivity index (χ3v) is 7.44. The van der Waals surface area contributed by atoms with E-state index in [0.29, 0.717) is 46.1 Å². The molecule has 0 radical (unpaired) electrons. The van der Waals surface area contributed by atoms with Gasteiger partial charge in [0.15, 0.2) is 5.65 Å². The van der Waals surface area contributed by atoms with Crippen LogP contribution in [-0.2, 0) is 0 Å². The average molecular weight is 542 g/mol. The Bertz CT molecular complexity index is 1960. The van der Waals surface area contributed by atoms with E-state index in [9.17, 15) is 14.7 Å². The number of H-pyrrole nitrogens is 2. The van der Waals surface area contributed by atoms with Crippen LogP contribution in [0.3, 0.4) is 0 Å². The van der Waals surface area contributed by atoms with Crippen LogP contribution in [0.4, 0.5) is 0 Å². The molecule has 1 saturated carbocycles. The molecule has 14 nitrogen and oxygen atoms in total. The number of fused-ring (bicyclic) bond motifs is 2. The Morgan fingerprint density at radius 2 is 2.05 bits per heavy atom. The number of likely N-dealkylation sites (tertiary alicyclic amines) is 1. The van der Waals surface area contributed by atoms with Crippen LogP contribution in [-0.4, -0.2) is 99.2 Å². The minimum Gasteiger partial charge on any atom is -0.493 e. The van der Waals surface area contributed by atoms with Crippen LogP contribution in [0.5, 0.6) is 5.88 Å². The smallest absolute Gasteiger partial charge is 0.326 e. The van der Waals surface area contributed by atoms with Crippen molar-refractivity contribution in [3.63, 3.8) is 0 Å². The summed E-state index contributed by atoms with van der Waals surface area (Å²) in [4.78, 5) is 52.4. The molecule has 1 unspecified atom stereocenters. The molecule has 1 atom stereocenters. The lowest BCUT2D eigenvalue weighted by Crippen LogP contribution is -2.34. The maximum Gasteiger partial charge on any atom is 0.326 e. The third kappa shape index (κ3) is 4.22. The van der Waals surface area contributed by atoms with Crippen LogP contribution in [0.25, 0.3) is 28.7 Å². The average Bonchev–Trinajstić information content (AvgIpc) is 3.30. The van der Waals surface area contributed by atoms with Crippen molar-refractivity contribution < 1.29 is 9.90 Å². The van der Waals surface area contributed by atoms with Crippen molar-refractivity contribution in [2.75, 3.05) is 27.2 Å². The first-order valence-electron chi connectivity index (χ1n) is 13.1. The number of nitrogens with zero attached hydrogens (tertiary/aromatic N) is 9. The van der Waals surface area contributed by atoms with Gasteiger partial charge in [-0.15, -0.1) is 0 Å². The van der Waals surface area contributed by atoms with Gasteiger partial charge in [0.2, 0.25) is 11.8 Å². The first-order chi connectivity index (χ1) is 19.3. The molecular formula is C26H27N11O3. The molecule has 1 aromatic carbocycles. The standard InChI is InChI=1S/C26H27N11O3/c1-34(2)17-7-8-35(12-17)23(39)14-3-6-20-18(9-14)27-13-36(20)24-31-21-15(10-19-22(38)32-26(40)30-19)11-28-37(21)25(33-24)29-16-4-5-16/h3,6,9-11,13,16-17,38H,4-5,7-8,12H2,1-2H3,(H2,30,32,40)/b15-10-,29-25?. The number of aromatic hydroxyl groups is 1. The fourth-order valence-corrected chi connectivity index (χ4v) is 5.01. The normalized spacial score (nSPS) is 18.7. The highest BCUT2D eigenvalue weighted by atomic mass is 16.3. The molecular weight excluding hydrogens is 514 g/mol. The summed E-state index contributed by atoms with van der Waals surface area (Å²) in [6.45, 7) is 1.44. The van der Waals surface area contributed by atoms with Crippen molar-refractivity contribution in [3.8, 4) is 11.8 Å². The van der Waals surface area contributed by atoms with Crippen LogP contribution >= 0.6 is 0 Å². The Hall–Kier alpha value is -4.85. The van der Waals surface area contributed by atoms with Crippen molar-refractivity contribution in [3.05, 3.63) is 63.3 Å². The second-order valence-corrected chi connectivity index (χ2v) is 10.5. The maximum absolute atomic E-state index is 13.2. The number of rotatable bonds is 5. The zero-order valence-electron chi connectivity index (χ0n) is 21.9. The van der Waals surface area contributed by atoms with Gasteiger partial charge in [0.25, 0.3) is 11.5 Å². The minimum atomic E-state index is -0.523. The predicted molar refractivity (Wildman–Crippen MR) is 144 cm³/mol. The van der Waals surface area contributed by atoms with E-state index < -0.39 is 5.69 Å². The van der Waals surface area contributed by atoms with Gasteiger partial charge in [-0.1, -0.05) is 0 Å². The number of carbonyl (C=O) groups excluding carboxylic acids is 1. The second kappa shape index (κ2) is 9.12. The fraction of sp³-hybridized carbons (Fsp3) is 0.346. The van der Waals surface area contributed by atoms with Crippen LogP contribution < -0.4 is 16.5 Å². The van der Waals surface area contributed by atoms with Crippen LogP contribution in [0.2, 0.25) is 0 Å².